The molecule has 0 spiro atoms. The van der Waals surface area contributed by atoms with E-state index >= 15 is 0 Å². The average molecular weight is 275 g/mol. The van der Waals surface area contributed by atoms with Crippen LogP contribution in [0.25, 0.3) is 0 Å². The molecule has 1 unspecified atom stereocenters. The number of nitrogens with zero attached hydrogens (tertiary/aromatic N) is 1. The molecule has 1 aromatic rings. The van der Waals surface area contributed by atoms with Crippen LogP contribution in [0.2, 0.25) is 0 Å². The van der Waals surface area contributed by atoms with Crippen molar-refractivity contribution in [1.29, 1.82) is 0 Å². The zero-order valence-electron chi connectivity index (χ0n) is 11.9. The lowest BCUT2D eigenvalue weighted by atomic mass is 10.1. The summed E-state index contributed by atoms with van der Waals surface area (Å²) in [5.74, 6) is -0.112. The number of benzene rings is 1. The van der Waals surface area contributed by atoms with Crippen molar-refractivity contribution in [2.45, 2.75) is 45.1 Å². The van der Waals surface area contributed by atoms with Crippen molar-refractivity contribution < 1.29 is 14.3 Å². The lowest BCUT2D eigenvalue weighted by molar-refractivity contribution is -0.127. The smallest absolute Gasteiger partial charge is 0.416 e. The summed E-state index contributed by atoms with van der Waals surface area (Å²) in [5, 5.41) is 0. The lowest BCUT2D eigenvalue weighted by Crippen LogP contribution is -2.31. The zero-order chi connectivity index (χ0) is 14.4. The maximum absolute atomic E-state index is 11.9. The molecular formula is C16H21NO3. The fourth-order valence-corrected chi connectivity index (χ4v) is 2.37. The molecule has 108 valence electrons. The monoisotopic (exact) mass is 275 g/mol. The summed E-state index contributed by atoms with van der Waals surface area (Å²) in [4.78, 5) is 24.5. The van der Waals surface area contributed by atoms with Gasteiger partial charge in [0.25, 0.3) is 0 Å². The first kappa shape index (κ1) is 14.6. The van der Waals surface area contributed by atoms with Crippen molar-refractivity contribution in [3.05, 3.63) is 35.9 Å². The van der Waals surface area contributed by atoms with Gasteiger partial charge < -0.3 is 4.74 Å². The molecule has 0 aliphatic carbocycles. The average Bonchev–Trinajstić information content (AvgIpc) is 2.78. The Morgan fingerprint density at radius 3 is 2.65 bits per heavy atom. The number of hydrogen-bond acceptors (Lipinski definition) is 3. The Morgan fingerprint density at radius 2 is 2.00 bits per heavy atom. The van der Waals surface area contributed by atoms with Crippen molar-refractivity contribution in [3.8, 4) is 0 Å². The minimum Gasteiger partial charge on any atom is -0.444 e. The highest BCUT2D eigenvalue weighted by Gasteiger charge is 2.32. The molecule has 20 heavy (non-hydrogen) atoms. The molecule has 1 aliphatic heterocycles. The van der Waals surface area contributed by atoms with E-state index < -0.39 is 6.09 Å². The van der Waals surface area contributed by atoms with Gasteiger partial charge in [0, 0.05) is 6.42 Å². The van der Waals surface area contributed by atoms with Gasteiger partial charge in [-0.2, -0.15) is 0 Å². The van der Waals surface area contributed by atoms with Crippen LogP contribution in [0.15, 0.2) is 30.3 Å². The van der Waals surface area contributed by atoms with Crippen molar-refractivity contribution in [2.24, 2.45) is 0 Å². The molecule has 4 nitrogen and oxygen atoms in total. The largest absolute Gasteiger partial charge is 0.444 e. The van der Waals surface area contributed by atoms with Crippen LogP contribution in [0.5, 0.6) is 0 Å². The summed E-state index contributed by atoms with van der Waals surface area (Å²) in [6.45, 7) is 2.19. The van der Waals surface area contributed by atoms with E-state index in [9.17, 15) is 9.59 Å². The Hall–Kier alpha value is -1.84. The molecule has 1 aliphatic rings. The minimum atomic E-state index is -0.494. The molecule has 4 heteroatoms. The number of carbonyl (C=O) groups excluding carboxylic acids is 2. The highest BCUT2D eigenvalue weighted by atomic mass is 16.6. The number of cyclic esters (lactones) is 1. The van der Waals surface area contributed by atoms with Gasteiger partial charge in [0.1, 0.15) is 6.10 Å². The molecule has 0 saturated carbocycles. The van der Waals surface area contributed by atoms with Gasteiger partial charge in [-0.3, -0.25) is 4.79 Å². The van der Waals surface area contributed by atoms with Gasteiger partial charge in [0.05, 0.1) is 6.54 Å². The molecule has 1 fully saturated rings. The molecule has 2 rings (SSSR count). The Bertz CT molecular complexity index is 458. The predicted octanol–water partition coefficient (Wildman–Crippen LogP) is 3.16. The summed E-state index contributed by atoms with van der Waals surface area (Å²) in [6.07, 6.45) is 3.69. The van der Waals surface area contributed by atoms with Crippen LogP contribution in [0, 0.1) is 0 Å². The van der Waals surface area contributed by atoms with Gasteiger partial charge in [0.15, 0.2) is 0 Å². The van der Waals surface area contributed by atoms with Gasteiger partial charge in [-0.1, -0.05) is 36.8 Å². The van der Waals surface area contributed by atoms with Gasteiger partial charge >= 0.3 is 6.09 Å². The summed E-state index contributed by atoms with van der Waals surface area (Å²) >= 11 is 0. The first-order valence-corrected chi connectivity index (χ1v) is 7.21. The Kier molecular flexibility index (Phi) is 5.16. The summed E-state index contributed by atoms with van der Waals surface area (Å²) < 4.78 is 4.95. The molecule has 0 radical (unpaired) electrons. The summed E-state index contributed by atoms with van der Waals surface area (Å²) in [7, 11) is 0. The molecule has 1 aromatic carbocycles. The molecule has 1 atom stereocenters. The third-order valence-corrected chi connectivity index (χ3v) is 3.46. The molecule has 0 bridgehead atoms. The standard InChI is InChI=1S/C16H21NO3/c1-13-12-17(16(19)20-13)15(18)11-7-3-6-10-14-8-4-2-5-9-14/h2,4-5,8-9,13H,3,6-7,10-12H2,1H3. The van der Waals surface area contributed by atoms with Crippen LogP contribution in [-0.2, 0) is 16.0 Å². The number of imide groups is 1. The number of hydrogen-bond donors (Lipinski definition) is 0. The Labute approximate surface area is 119 Å². The van der Waals surface area contributed by atoms with Crippen molar-refractivity contribution in [2.75, 3.05) is 6.54 Å². The van der Waals surface area contributed by atoms with Gasteiger partial charge in [-0.15, -0.1) is 0 Å². The molecule has 1 heterocycles. The summed E-state index contributed by atoms with van der Waals surface area (Å²) in [5.41, 5.74) is 1.33. The molecular weight excluding hydrogens is 254 g/mol. The van der Waals surface area contributed by atoms with E-state index in [1.807, 2.05) is 18.2 Å². The van der Waals surface area contributed by atoms with E-state index in [-0.39, 0.29) is 12.0 Å². The molecule has 0 N–H and O–H groups in total. The van der Waals surface area contributed by atoms with Crippen LogP contribution < -0.4 is 0 Å². The normalized spacial score (nSPS) is 18.1. The number of aryl methyl sites for hydroxylation is 1. The number of carbonyl (C=O) groups is 2. The van der Waals surface area contributed by atoms with Gasteiger partial charge in [-0.25, -0.2) is 9.69 Å². The molecule has 0 aromatic heterocycles. The second-order valence-electron chi connectivity index (χ2n) is 5.24. The van der Waals surface area contributed by atoms with Crippen molar-refractivity contribution in [3.63, 3.8) is 0 Å². The van der Waals surface area contributed by atoms with Gasteiger partial charge in [0.2, 0.25) is 5.91 Å². The maximum atomic E-state index is 11.9. The second-order valence-corrected chi connectivity index (χ2v) is 5.24. The third kappa shape index (κ3) is 4.08. The molecule has 1 saturated heterocycles. The van der Waals surface area contributed by atoms with E-state index in [0.717, 1.165) is 25.7 Å². The highest BCUT2D eigenvalue weighted by Crippen LogP contribution is 2.14. The van der Waals surface area contributed by atoms with E-state index in [4.69, 9.17) is 4.74 Å². The highest BCUT2D eigenvalue weighted by molar-refractivity contribution is 5.93. The number of ether oxygens (including phenoxy) is 1. The first-order valence-electron chi connectivity index (χ1n) is 7.21. The van der Waals surface area contributed by atoms with E-state index in [1.54, 1.807) is 6.92 Å². The maximum Gasteiger partial charge on any atom is 0.416 e. The van der Waals surface area contributed by atoms with Crippen LogP contribution in [0.1, 0.15) is 38.2 Å². The first-order chi connectivity index (χ1) is 9.66. The minimum absolute atomic E-state index is 0.112. The van der Waals surface area contributed by atoms with Crippen LogP contribution in [0.3, 0.4) is 0 Å². The van der Waals surface area contributed by atoms with E-state index in [2.05, 4.69) is 12.1 Å². The third-order valence-electron chi connectivity index (χ3n) is 3.46. The van der Waals surface area contributed by atoms with Crippen molar-refractivity contribution in [1.82, 2.24) is 4.90 Å². The van der Waals surface area contributed by atoms with Gasteiger partial charge in [-0.05, 0) is 31.7 Å². The number of amides is 2. The number of unbranched alkanes of at least 4 members (excludes halogenated alkanes) is 2. The van der Waals surface area contributed by atoms with Crippen molar-refractivity contribution >= 4 is 12.0 Å². The SMILES string of the molecule is CC1CN(C(=O)CCCCCc2ccccc2)C(=O)O1. The fourth-order valence-electron chi connectivity index (χ4n) is 2.37. The van der Waals surface area contributed by atoms with E-state index in [1.165, 1.54) is 10.5 Å². The number of rotatable bonds is 6. The summed E-state index contributed by atoms with van der Waals surface area (Å²) in [6, 6.07) is 10.3. The fraction of sp³-hybridized carbons (Fsp3) is 0.500. The predicted molar refractivity (Wildman–Crippen MR) is 76.3 cm³/mol. The van der Waals surface area contributed by atoms with E-state index in [0.29, 0.717) is 13.0 Å². The zero-order valence-corrected chi connectivity index (χ0v) is 11.9. The second kappa shape index (κ2) is 7.08. The molecule has 2 amide bonds. The van der Waals surface area contributed by atoms with Crippen LogP contribution in [-0.4, -0.2) is 29.5 Å². The van der Waals surface area contributed by atoms with Crippen LogP contribution in [0.4, 0.5) is 4.79 Å². The topological polar surface area (TPSA) is 46.6 Å². The Balaban J connectivity index is 1.61. The quantitative estimate of drug-likeness (QED) is 0.749. The van der Waals surface area contributed by atoms with Crippen LogP contribution >= 0.6 is 0 Å². The lowest BCUT2D eigenvalue weighted by Gasteiger charge is -2.10. The Morgan fingerprint density at radius 1 is 1.25 bits per heavy atom.